The minimum absolute atomic E-state index is 0.00640. The van der Waals surface area contributed by atoms with Crippen molar-refractivity contribution in [1.29, 1.82) is 5.26 Å². The topological polar surface area (TPSA) is 147 Å². The third-order valence-corrected chi connectivity index (χ3v) is 9.87. The number of aliphatic imine (C=N–C) groups is 1. The van der Waals surface area contributed by atoms with Crippen LogP contribution in [0.25, 0.3) is 5.70 Å². The predicted octanol–water partition coefficient (Wildman–Crippen LogP) is 3.20. The minimum atomic E-state index is -0.765. The number of rotatable bonds is 10. The Morgan fingerprint density at radius 3 is 2.19 bits per heavy atom. The van der Waals surface area contributed by atoms with Gasteiger partial charge in [0.05, 0.1) is 11.5 Å². The van der Waals surface area contributed by atoms with E-state index in [-0.39, 0.29) is 18.1 Å². The number of carbonyl (C=O) groups is 1. The van der Waals surface area contributed by atoms with Crippen molar-refractivity contribution in [3.8, 4) is 6.07 Å². The number of hydrogen-bond acceptors (Lipinski definition) is 6. The maximum Gasteiger partial charge on any atom is 0.248 e. The van der Waals surface area contributed by atoms with E-state index < -0.39 is 11.3 Å². The Morgan fingerprint density at radius 2 is 1.64 bits per heavy atom. The second-order valence-corrected chi connectivity index (χ2v) is 12.9. The quantitative estimate of drug-likeness (QED) is 0.258. The van der Waals surface area contributed by atoms with Gasteiger partial charge in [-0.05, 0) is 97.9 Å². The summed E-state index contributed by atoms with van der Waals surface area (Å²) in [5.41, 5.74) is 25.2. The van der Waals surface area contributed by atoms with Crippen molar-refractivity contribution in [3.63, 3.8) is 0 Å². The lowest BCUT2D eigenvalue weighted by Crippen LogP contribution is -2.48. The van der Waals surface area contributed by atoms with E-state index in [2.05, 4.69) is 48.5 Å². The van der Waals surface area contributed by atoms with Gasteiger partial charge in [-0.1, -0.05) is 31.4 Å². The second-order valence-electron chi connectivity index (χ2n) is 12.9. The summed E-state index contributed by atoms with van der Waals surface area (Å²) in [5.74, 6) is 2.04. The molecule has 2 heterocycles. The van der Waals surface area contributed by atoms with Crippen molar-refractivity contribution >= 4 is 17.4 Å². The van der Waals surface area contributed by atoms with Crippen LogP contribution in [0, 0.1) is 29.1 Å². The fraction of sp³-hybridized carbons (Fsp3) is 0.441. The van der Waals surface area contributed by atoms with Crippen LogP contribution in [0.2, 0.25) is 0 Å². The lowest BCUT2D eigenvalue weighted by molar-refractivity contribution is 0.1000. The average molecular weight is 564 g/mol. The minimum Gasteiger partial charge on any atom is -0.399 e. The number of amides is 1. The lowest BCUT2D eigenvalue weighted by atomic mass is 9.67. The molecule has 0 radical (unpaired) electrons. The molecule has 4 fully saturated rings. The van der Waals surface area contributed by atoms with E-state index in [0.717, 1.165) is 39.9 Å². The molecule has 0 aromatic heterocycles. The summed E-state index contributed by atoms with van der Waals surface area (Å²) in [6.07, 6.45) is 2.09. The molecule has 1 amide bonds. The molecule has 218 valence electrons. The van der Waals surface area contributed by atoms with Crippen LogP contribution in [0.15, 0.2) is 60.2 Å². The Labute approximate surface area is 248 Å². The molecule has 2 saturated heterocycles. The number of nitriles is 1. The van der Waals surface area contributed by atoms with E-state index in [1.54, 1.807) is 6.07 Å². The van der Waals surface area contributed by atoms with Gasteiger partial charge < -0.3 is 27.4 Å². The van der Waals surface area contributed by atoms with Crippen molar-refractivity contribution in [2.24, 2.45) is 39.9 Å². The number of hydrogen-bond donors (Lipinski definition) is 4. The van der Waals surface area contributed by atoms with Crippen LogP contribution >= 0.6 is 0 Å². The monoisotopic (exact) mass is 563 g/mol. The molecule has 8 nitrogen and oxygen atoms in total. The lowest BCUT2D eigenvalue weighted by Gasteiger charge is -2.39. The van der Waals surface area contributed by atoms with Crippen LogP contribution in [0.3, 0.4) is 0 Å². The first kappa shape index (κ1) is 28.0. The smallest absolute Gasteiger partial charge is 0.248 e. The number of amidine groups is 1. The molecule has 8 heteroatoms. The van der Waals surface area contributed by atoms with Gasteiger partial charge in [-0.25, -0.2) is 0 Å². The molecule has 42 heavy (non-hydrogen) atoms. The molecule has 3 aliphatic carbocycles. The van der Waals surface area contributed by atoms with E-state index in [1.165, 1.54) is 0 Å². The van der Waals surface area contributed by atoms with Gasteiger partial charge in [0, 0.05) is 47.5 Å². The van der Waals surface area contributed by atoms with Crippen LogP contribution in [0.4, 0.5) is 0 Å². The van der Waals surface area contributed by atoms with Gasteiger partial charge in [0.25, 0.3) is 0 Å². The van der Waals surface area contributed by atoms with Crippen molar-refractivity contribution in [1.82, 2.24) is 10.2 Å². The van der Waals surface area contributed by atoms with Gasteiger partial charge in [-0.3, -0.25) is 9.79 Å². The molecule has 2 aromatic rings. The largest absolute Gasteiger partial charge is 0.399 e. The molecule has 2 aliphatic heterocycles. The third-order valence-electron chi connectivity index (χ3n) is 9.87. The SMILES string of the molecule is C=C(N)c1ccc2c(c1)CCc1cc(C(N)=O)ccc1C2(C[C@@H](C)NCC(=C)N1C(C#N)C2C3C1[C@H]23)C(N)=NC(C)C. The maximum absolute atomic E-state index is 12.2. The number of primary amides is 1. The Hall–Kier alpha value is -4.09. The average Bonchev–Trinajstić information content (AvgIpc) is 3.80. The number of nitrogens with two attached hydrogens (primary N) is 3. The van der Waals surface area contributed by atoms with Crippen molar-refractivity contribution < 1.29 is 4.79 Å². The van der Waals surface area contributed by atoms with E-state index in [0.29, 0.717) is 60.3 Å². The Balaban J connectivity index is 1.40. The molecule has 2 saturated carbocycles. The standard InChI is InChI=1S/C34H41N7O/c1-17(2)40-33(38)34(14-18(3)39-16-19(4)41-27(15-35)28-29-30(28)31(29)41)25-10-8-21(20(5)36)12-22(25)6-7-23-13-24(32(37)42)9-11-26(23)34/h8-13,17-18,27-31,39H,4-7,14,16,36H2,1-3H3,(H2,37,42)(H2,38,40)/t18-,27?,28?,29-,30?,31?,34?/m1/s1. The summed E-state index contributed by atoms with van der Waals surface area (Å²) in [7, 11) is 0. The Bertz CT molecular complexity index is 1490. The van der Waals surface area contributed by atoms with Crippen molar-refractivity contribution in [2.45, 2.75) is 69.6 Å². The van der Waals surface area contributed by atoms with Crippen LogP contribution in [0.5, 0.6) is 0 Å². The normalized spacial score (nSPS) is 29.1. The summed E-state index contributed by atoms with van der Waals surface area (Å²) >= 11 is 0. The maximum atomic E-state index is 12.2. The molecule has 7 atom stereocenters. The Morgan fingerprint density at radius 1 is 1.05 bits per heavy atom. The van der Waals surface area contributed by atoms with E-state index >= 15 is 0 Å². The fourth-order valence-electron chi connectivity index (χ4n) is 7.86. The molecule has 2 bridgehead atoms. The summed E-state index contributed by atoms with van der Waals surface area (Å²) in [6, 6.07) is 14.9. The molecule has 5 unspecified atom stereocenters. The number of aryl methyl sites for hydroxylation is 2. The number of piperidine rings is 1. The van der Waals surface area contributed by atoms with Crippen molar-refractivity contribution in [2.75, 3.05) is 6.54 Å². The number of fused-ring (bicyclic) bond motifs is 3. The van der Waals surface area contributed by atoms with E-state index in [1.807, 2.05) is 32.0 Å². The fourth-order valence-corrected chi connectivity index (χ4v) is 7.86. The molecular weight excluding hydrogens is 522 g/mol. The molecular formula is C34H41N7O. The van der Waals surface area contributed by atoms with Gasteiger partial charge in [0.15, 0.2) is 0 Å². The highest BCUT2D eigenvalue weighted by Crippen LogP contribution is 2.78. The number of benzene rings is 2. The van der Waals surface area contributed by atoms with Gasteiger partial charge in [-0.2, -0.15) is 5.26 Å². The van der Waals surface area contributed by atoms with Crippen LogP contribution in [0.1, 0.15) is 65.4 Å². The third kappa shape index (κ3) is 4.30. The van der Waals surface area contributed by atoms with Gasteiger partial charge in [0.1, 0.15) is 11.9 Å². The highest BCUT2D eigenvalue weighted by atomic mass is 16.1. The van der Waals surface area contributed by atoms with Crippen LogP contribution in [-0.2, 0) is 18.3 Å². The van der Waals surface area contributed by atoms with Gasteiger partial charge >= 0.3 is 0 Å². The molecule has 5 aliphatic rings. The van der Waals surface area contributed by atoms with E-state index in [4.69, 9.17) is 22.2 Å². The first-order chi connectivity index (χ1) is 20.0. The van der Waals surface area contributed by atoms with Crippen LogP contribution in [-0.4, -0.2) is 47.4 Å². The van der Waals surface area contributed by atoms with Gasteiger partial charge in [0.2, 0.25) is 5.91 Å². The molecule has 7 rings (SSSR count). The van der Waals surface area contributed by atoms with Crippen LogP contribution < -0.4 is 22.5 Å². The highest BCUT2D eigenvalue weighted by molar-refractivity contribution is 5.98. The molecule has 2 aromatic carbocycles. The summed E-state index contributed by atoms with van der Waals surface area (Å²) < 4.78 is 0. The number of nitrogens with one attached hydrogen (secondary N) is 1. The summed E-state index contributed by atoms with van der Waals surface area (Å²) in [4.78, 5) is 19.4. The zero-order chi connectivity index (χ0) is 30.1. The second kappa shape index (κ2) is 10.0. The summed E-state index contributed by atoms with van der Waals surface area (Å²) in [5, 5.41) is 13.5. The molecule has 0 spiro atoms. The Kier molecular flexibility index (Phi) is 6.69. The first-order valence-corrected chi connectivity index (χ1v) is 14.9. The summed E-state index contributed by atoms with van der Waals surface area (Å²) in [6.45, 7) is 15.1. The van der Waals surface area contributed by atoms with E-state index in [9.17, 15) is 10.1 Å². The van der Waals surface area contributed by atoms with Crippen molar-refractivity contribution in [3.05, 3.63) is 88.6 Å². The highest BCUT2D eigenvalue weighted by Gasteiger charge is 2.84. The first-order valence-electron chi connectivity index (χ1n) is 14.9. The van der Waals surface area contributed by atoms with Gasteiger partial charge in [-0.15, -0.1) is 0 Å². The zero-order valence-electron chi connectivity index (χ0n) is 24.7. The number of carbonyl (C=O) groups excluding carboxylic acids is 1. The predicted molar refractivity (Wildman–Crippen MR) is 166 cm³/mol. The number of nitrogens with zero attached hydrogens (tertiary/aromatic N) is 3. The molecule has 7 N–H and O–H groups in total. The zero-order valence-corrected chi connectivity index (χ0v) is 24.7.